The van der Waals surface area contributed by atoms with Crippen LogP contribution in [0.2, 0.25) is 0 Å². The Balaban J connectivity index is 2.13. The second-order valence-electron chi connectivity index (χ2n) is 6.19. The molecule has 2 rings (SSSR count). The van der Waals surface area contributed by atoms with Crippen molar-refractivity contribution < 1.29 is 27.9 Å². The van der Waals surface area contributed by atoms with Gasteiger partial charge in [-0.15, -0.1) is 0 Å². The first-order chi connectivity index (χ1) is 12.7. The predicted molar refractivity (Wildman–Crippen MR) is 95.4 cm³/mol. The Morgan fingerprint density at radius 3 is 1.96 bits per heavy atom. The fourth-order valence-corrected chi connectivity index (χ4v) is 2.74. The largest absolute Gasteiger partial charge is 0.465 e. The summed E-state index contributed by atoms with van der Waals surface area (Å²) in [4.78, 5) is 23.0. The van der Waals surface area contributed by atoms with Crippen LogP contribution in [0.3, 0.4) is 0 Å². The molecule has 2 aromatic rings. The van der Waals surface area contributed by atoms with E-state index in [0.717, 1.165) is 23.3 Å². The minimum atomic E-state index is -4.38. The monoisotopic (exact) mass is 379 g/mol. The number of amides is 1. The van der Waals surface area contributed by atoms with Crippen molar-refractivity contribution in [3.63, 3.8) is 0 Å². The van der Waals surface area contributed by atoms with E-state index in [-0.39, 0.29) is 18.6 Å². The maximum Gasteiger partial charge on any atom is 0.416 e. The summed E-state index contributed by atoms with van der Waals surface area (Å²) in [5.41, 5.74) is 1.42. The molecule has 0 spiro atoms. The van der Waals surface area contributed by atoms with Gasteiger partial charge in [0.05, 0.1) is 11.6 Å². The van der Waals surface area contributed by atoms with Crippen LogP contribution in [0, 0.1) is 0 Å². The molecule has 1 amide bonds. The van der Waals surface area contributed by atoms with E-state index in [1.165, 1.54) is 12.1 Å². The highest BCUT2D eigenvalue weighted by Gasteiger charge is 2.30. The number of ketones is 1. The quantitative estimate of drug-likeness (QED) is 0.718. The molecule has 2 N–H and O–H groups in total. The maximum absolute atomic E-state index is 12.6. The van der Waals surface area contributed by atoms with Gasteiger partial charge in [-0.25, -0.2) is 4.79 Å². The van der Waals surface area contributed by atoms with Crippen LogP contribution in [0.25, 0.3) is 11.1 Å². The van der Waals surface area contributed by atoms with Gasteiger partial charge in [0.2, 0.25) is 0 Å². The first-order valence-electron chi connectivity index (χ1n) is 8.49. The normalized spacial score (nSPS) is 12.4. The van der Waals surface area contributed by atoms with Gasteiger partial charge < -0.3 is 10.4 Å². The highest BCUT2D eigenvalue weighted by molar-refractivity contribution is 5.87. The molecule has 7 heteroatoms. The van der Waals surface area contributed by atoms with Crippen LogP contribution in [0.4, 0.5) is 18.0 Å². The van der Waals surface area contributed by atoms with E-state index >= 15 is 0 Å². The van der Waals surface area contributed by atoms with Crippen molar-refractivity contribution in [3.05, 3.63) is 59.7 Å². The zero-order chi connectivity index (χ0) is 20.0. The highest BCUT2D eigenvalue weighted by atomic mass is 19.4. The second kappa shape index (κ2) is 8.70. The van der Waals surface area contributed by atoms with E-state index in [1.54, 1.807) is 24.3 Å². The number of halogens is 3. The van der Waals surface area contributed by atoms with E-state index in [2.05, 4.69) is 5.32 Å². The number of hydrogen-bond donors (Lipinski definition) is 2. The minimum absolute atomic E-state index is 0.174. The molecule has 144 valence electrons. The Morgan fingerprint density at radius 2 is 1.52 bits per heavy atom. The molecule has 1 atom stereocenters. The molecule has 0 aliphatic carbocycles. The van der Waals surface area contributed by atoms with Gasteiger partial charge in [-0.2, -0.15) is 13.2 Å². The Labute approximate surface area is 155 Å². The molecule has 0 saturated heterocycles. The lowest BCUT2D eigenvalue weighted by molar-refractivity contribution is -0.137. The van der Waals surface area contributed by atoms with E-state index < -0.39 is 23.9 Å². The number of rotatable bonds is 7. The van der Waals surface area contributed by atoms with E-state index in [0.29, 0.717) is 12.0 Å². The molecular weight excluding hydrogens is 359 g/mol. The summed E-state index contributed by atoms with van der Waals surface area (Å²) in [6.45, 7) is 1.84. The summed E-state index contributed by atoms with van der Waals surface area (Å²) in [7, 11) is 0. The second-order valence-corrected chi connectivity index (χ2v) is 6.19. The number of carboxylic acid groups (broad SMARTS) is 1. The molecule has 0 bridgehead atoms. The molecule has 0 aliphatic rings. The maximum atomic E-state index is 12.6. The fourth-order valence-electron chi connectivity index (χ4n) is 2.74. The van der Waals surface area contributed by atoms with Gasteiger partial charge in [0.25, 0.3) is 0 Å². The van der Waals surface area contributed by atoms with Crippen LogP contribution in [-0.2, 0) is 17.4 Å². The standard InChI is InChI=1S/C20H20F3NO3/c1-2-3-18(25)17(24-19(26)27)12-13-4-6-14(7-5-13)15-8-10-16(11-9-15)20(21,22)23/h4-11,17,24H,2-3,12H2,1H3,(H,26,27)/t17-/m1/s1. The third kappa shape index (κ3) is 5.84. The average molecular weight is 379 g/mol. The lowest BCUT2D eigenvalue weighted by Gasteiger charge is -2.16. The van der Waals surface area contributed by atoms with Crippen LogP contribution in [0.5, 0.6) is 0 Å². The van der Waals surface area contributed by atoms with E-state index in [1.807, 2.05) is 6.92 Å². The number of hydrogen-bond acceptors (Lipinski definition) is 2. The SMILES string of the molecule is CCCC(=O)[C@@H](Cc1ccc(-c2ccc(C(F)(F)F)cc2)cc1)NC(=O)O. The summed E-state index contributed by atoms with van der Waals surface area (Å²) < 4.78 is 37.9. The number of benzene rings is 2. The summed E-state index contributed by atoms with van der Waals surface area (Å²) in [6, 6.07) is 11.0. The van der Waals surface area contributed by atoms with Crippen molar-refractivity contribution in [2.45, 2.75) is 38.4 Å². The van der Waals surface area contributed by atoms with E-state index in [9.17, 15) is 22.8 Å². The zero-order valence-corrected chi connectivity index (χ0v) is 14.7. The molecular formula is C20H20F3NO3. The van der Waals surface area contributed by atoms with Crippen molar-refractivity contribution in [1.29, 1.82) is 0 Å². The summed E-state index contributed by atoms with van der Waals surface area (Å²) >= 11 is 0. The van der Waals surface area contributed by atoms with Crippen LogP contribution in [-0.4, -0.2) is 23.0 Å². The first kappa shape index (κ1) is 20.5. The number of carbonyl (C=O) groups excluding carboxylic acids is 1. The van der Waals surface area contributed by atoms with Crippen LogP contribution < -0.4 is 5.32 Å². The first-order valence-corrected chi connectivity index (χ1v) is 8.49. The van der Waals surface area contributed by atoms with Crippen molar-refractivity contribution in [1.82, 2.24) is 5.32 Å². The van der Waals surface area contributed by atoms with Gasteiger partial charge in [0.1, 0.15) is 0 Å². The van der Waals surface area contributed by atoms with Crippen LogP contribution >= 0.6 is 0 Å². The molecule has 0 aromatic heterocycles. The van der Waals surface area contributed by atoms with Crippen LogP contribution in [0.15, 0.2) is 48.5 Å². The van der Waals surface area contributed by atoms with Gasteiger partial charge in [0, 0.05) is 6.42 Å². The lowest BCUT2D eigenvalue weighted by Crippen LogP contribution is -2.41. The van der Waals surface area contributed by atoms with Crippen molar-refractivity contribution >= 4 is 11.9 Å². The predicted octanol–water partition coefficient (Wildman–Crippen LogP) is 4.92. The molecule has 0 unspecified atom stereocenters. The molecule has 0 heterocycles. The molecule has 2 aromatic carbocycles. The minimum Gasteiger partial charge on any atom is -0.465 e. The zero-order valence-electron chi connectivity index (χ0n) is 14.7. The Kier molecular flexibility index (Phi) is 6.60. The van der Waals surface area contributed by atoms with Crippen molar-refractivity contribution in [2.75, 3.05) is 0 Å². The molecule has 0 fully saturated rings. The molecule has 0 aliphatic heterocycles. The van der Waals surface area contributed by atoms with Gasteiger partial charge in [0.15, 0.2) is 5.78 Å². The molecule has 0 saturated carbocycles. The van der Waals surface area contributed by atoms with Gasteiger partial charge in [-0.05, 0) is 41.7 Å². The third-order valence-corrected chi connectivity index (χ3v) is 4.12. The highest BCUT2D eigenvalue weighted by Crippen LogP contribution is 2.31. The number of Topliss-reactive ketones (excluding diaryl/α,β-unsaturated/α-hetero) is 1. The van der Waals surface area contributed by atoms with Crippen molar-refractivity contribution in [2.24, 2.45) is 0 Å². The average Bonchev–Trinajstić information content (AvgIpc) is 2.61. The fraction of sp³-hybridized carbons (Fsp3) is 0.300. The summed E-state index contributed by atoms with van der Waals surface area (Å²) in [5.74, 6) is -0.174. The third-order valence-electron chi connectivity index (χ3n) is 4.12. The van der Waals surface area contributed by atoms with Gasteiger partial charge >= 0.3 is 12.3 Å². The number of nitrogens with one attached hydrogen (secondary N) is 1. The van der Waals surface area contributed by atoms with Gasteiger partial charge in [-0.3, -0.25) is 4.79 Å². The number of alkyl halides is 3. The molecule has 27 heavy (non-hydrogen) atoms. The smallest absolute Gasteiger partial charge is 0.416 e. The molecule has 0 radical (unpaired) electrons. The molecule has 4 nitrogen and oxygen atoms in total. The Morgan fingerprint density at radius 1 is 1.00 bits per heavy atom. The van der Waals surface area contributed by atoms with Crippen molar-refractivity contribution in [3.8, 4) is 11.1 Å². The van der Waals surface area contributed by atoms with E-state index in [4.69, 9.17) is 5.11 Å². The topological polar surface area (TPSA) is 66.4 Å². The number of carbonyl (C=O) groups is 2. The Bertz CT molecular complexity index is 784. The van der Waals surface area contributed by atoms with Gasteiger partial charge in [-0.1, -0.05) is 43.3 Å². The summed E-state index contributed by atoms with van der Waals surface area (Å²) in [5, 5.41) is 11.1. The van der Waals surface area contributed by atoms with Crippen LogP contribution in [0.1, 0.15) is 30.9 Å². The lowest BCUT2D eigenvalue weighted by atomic mass is 9.97. The summed E-state index contributed by atoms with van der Waals surface area (Å²) in [6.07, 6.45) is -4.50. The Hall–Kier alpha value is -2.83.